The molecule has 0 bridgehead atoms. The van der Waals surface area contributed by atoms with Crippen molar-refractivity contribution in [3.63, 3.8) is 0 Å². The fourth-order valence-corrected chi connectivity index (χ4v) is 5.43. The number of hydrogen-bond acceptors (Lipinski definition) is 5. The number of sulfonamides is 1. The van der Waals surface area contributed by atoms with Crippen molar-refractivity contribution in [1.82, 2.24) is 9.80 Å². The first-order valence-electron chi connectivity index (χ1n) is 10.1. The summed E-state index contributed by atoms with van der Waals surface area (Å²) in [6.07, 6.45) is 0. The third-order valence-corrected chi connectivity index (χ3v) is 7.42. The summed E-state index contributed by atoms with van der Waals surface area (Å²) in [5, 5.41) is 9.69. The number of nitrogens with one attached hydrogen (secondary N) is 1. The van der Waals surface area contributed by atoms with Gasteiger partial charge in [0.1, 0.15) is 10.9 Å². The summed E-state index contributed by atoms with van der Waals surface area (Å²) in [6, 6.07) is 12.6. The maximum absolute atomic E-state index is 12.9. The van der Waals surface area contributed by atoms with Gasteiger partial charge in [0.05, 0.1) is 11.1 Å². The number of nitrogens with zero attached hydrogens (tertiary/aromatic N) is 3. The van der Waals surface area contributed by atoms with Gasteiger partial charge in [-0.2, -0.15) is 5.26 Å². The van der Waals surface area contributed by atoms with Gasteiger partial charge in [-0.3, -0.25) is 14.4 Å². The fourth-order valence-electron chi connectivity index (χ4n) is 3.61. The number of nitriles is 1. The molecular formula is C22H24Cl2N4O3S. The Morgan fingerprint density at radius 2 is 1.69 bits per heavy atom. The Morgan fingerprint density at radius 1 is 1.06 bits per heavy atom. The zero-order chi connectivity index (χ0) is 23.5. The van der Waals surface area contributed by atoms with Gasteiger partial charge >= 0.3 is 0 Å². The second-order valence-corrected chi connectivity index (χ2v) is 10.4. The number of halogens is 2. The molecule has 2 aromatic carbocycles. The summed E-state index contributed by atoms with van der Waals surface area (Å²) in [5.74, 6) is 0.0929. The highest BCUT2D eigenvalue weighted by Crippen LogP contribution is 2.27. The molecule has 1 atom stereocenters. The summed E-state index contributed by atoms with van der Waals surface area (Å²) in [4.78, 5) is 16.6. The Morgan fingerprint density at radius 3 is 2.25 bits per heavy atom. The average Bonchev–Trinajstić information content (AvgIpc) is 2.76. The lowest BCUT2D eigenvalue weighted by Gasteiger charge is -2.38. The van der Waals surface area contributed by atoms with Gasteiger partial charge in [0.25, 0.3) is 15.9 Å². The van der Waals surface area contributed by atoms with Crippen LogP contribution in [-0.2, 0) is 10.0 Å². The minimum atomic E-state index is -3.94. The lowest BCUT2D eigenvalue weighted by molar-refractivity contribution is 0.0577. The van der Waals surface area contributed by atoms with Crippen molar-refractivity contribution in [1.29, 1.82) is 5.26 Å². The fraction of sp³-hybridized carbons (Fsp3) is 0.364. The number of piperazine rings is 1. The van der Waals surface area contributed by atoms with E-state index in [1.54, 1.807) is 17.0 Å². The van der Waals surface area contributed by atoms with E-state index in [2.05, 4.69) is 15.7 Å². The van der Waals surface area contributed by atoms with Gasteiger partial charge in [-0.25, -0.2) is 8.42 Å². The lowest BCUT2D eigenvalue weighted by Crippen LogP contribution is -2.52. The topological polar surface area (TPSA) is 93.5 Å². The highest BCUT2D eigenvalue weighted by Gasteiger charge is 2.28. The number of carbonyl (C=O) groups is 1. The number of anilines is 1. The third-order valence-electron chi connectivity index (χ3n) is 5.33. The largest absolute Gasteiger partial charge is 0.336 e. The third kappa shape index (κ3) is 5.54. The molecule has 0 spiro atoms. The van der Waals surface area contributed by atoms with E-state index in [9.17, 15) is 18.5 Å². The van der Waals surface area contributed by atoms with Crippen molar-refractivity contribution in [2.75, 3.05) is 30.9 Å². The molecule has 1 aliphatic heterocycles. The molecule has 32 heavy (non-hydrogen) atoms. The maximum Gasteiger partial charge on any atom is 0.263 e. The van der Waals surface area contributed by atoms with Crippen LogP contribution in [0.3, 0.4) is 0 Å². The number of rotatable bonds is 6. The van der Waals surface area contributed by atoms with Crippen molar-refractivity contribution < 1.29 is 13.2 Å². The summed E-state index contributed by atoms with van der Waals surface area (Å²) in [5.41, 5.74) is 0.763. The van der Waals surface area contributed by atoms with Crippen LogP contribution < -0.4 is 4.72 Å². The zero-order valence-electron chi connectivity index (χ0n) is 17.8. The number of benzene rings is 2. The molecule has 1 saturated heterocycles. The van der Waals surface area contributed by atoms with E-state index in [1.807, 2.05) is 13.8 Å². The molecule has 1 heterocycles. The highest BCUT2D eigenvalue weighted by molar-refractivity contribution is 7.92. The molecule has 1 unspecified atom stereocenters. The average molecular weight is 495 g/mol. The summed E-state index contributed by atoms with van der Waals surface area (Å²) in [6.45, 7) is 6.38. The molecule has 170 valence electrons. The van der Waals surface area contributed by atoms with E-state index in [1.165, 1.54) is 30.3 Å². The summed E-state index contributed by atoms with van der Waals surface area (Å²) >= 11 is 11.9. The molecule has 10 heteroatoms. The molecule has 0 aromatic heterocycles. The maximum atomic E-state index is 12.9. The second kappa shape index (κ2) is 10.1. The first kappa shape index (κ1) is 24.3. The summed E-state index contributed by atoms with van der Waals surface area (Å²) in [7, 11) is -3.94. The number of hydrogen-bond donors (Lipinski definition) is 1. The molecular weight excluding hydrogens is 471 g/mol. The Hall–Kier alpha value is -2.31. The van der Waals surface area contributed by atoms with Crippen LogP contribution in [0.5, 0.6) is 0 Å². The smallest absolute Gasteiger partial charge is 0.263 e. The second-order valence-electron chi connectivity index (χ2n) is 7.90. The van der Waals surface area contributed by atoms with Crippen molar-refractivity contribution >= 4 is 44.8 Å². The zero-order valence-corrected chi connectivity index (χ0v) is 20.1. The predicted octanol–water partition coefficient (Wildman–Crippen LogP) is 4.10. The van der Waals surface area contributed by atoms with Crippen LogP contribution >= 0.6 is 23.2 Å². The molecule has 1 fully saturated rings. The van der Waals surface area contributed by atoms with Crippen LogP contribution in [0.1, 0.15) is 24.2 Å². The minimum absolute atomic E-state index is 0.0592. The molecule has 2 aromatic rings. The number of carbonyl (C=O) groups excluding carboxylic acids is 1. The molecule has 3 rings (SSSR count). The van der Waals surface area contributed by atoms with Crippen LogP contribution in [0.15, 0.2) is 47.4 Å². The van der Waals surface area contributed by atoms with Crippen molar-refractivity contribution in [3.05, 3.63) is 58.1 Å². The normalized spacial score (nSPS) is 15.9. The van der Waals surface area contributed by atoms with Gasteiger partial charge in [0.15, 0.2) is 0 Å². The minimum Gasteiger partial charge on any atom is -0.336 e. The van der Waals surface area contributed by atoms with Gasteiger partial charge in [-0.05, 0) is 48.4 Å². The van der Waals surface area contributed by atoms with E-state index in [-0.39, 0.29) is 32.8 Å². The molecule has 0 saturated carbocycles. The molecule has 1 amide bonds. The Balaban J connectivity index is 1.65. The van der Waals surface area contributed by atoms with Crippen molar-refractivity contribution in [2.45, 2.75) is 24.8 Å². The van der Waals surface area contributed by atoms with Crippen LogP contribution in [0.2, 0.25) is 10.0 Å². The molecule has 0 aliphatic carbocycles. The molecule has 1 aliphatic rings. The van der Waals surface area contributed by atoms with Gasteiger partial charge in [-0.1, -0.05) is 37.0 Å². The monoisotopic (exact) mass is 494 g/mol. The van der Waals surface area contributed by atoms with Gasteiger partial charge in [-0.15, -0.1) is 0 Å². The predicted molar refractivity (Wildman–Crippen MR) is 125 cm³/mol. The Kier molecular flexibility index (Phi) is 7.67. The molecule has 1 N–H and O–H groups in total. The van der Waals surface area contributed by atoms with E-state index < -0.39 is 10.0 Å². The number of amides is 1. The molecule has 7 nitrogen and oxygen atoms in total. The van der Waals surface area contributed by atoms with Crippen molar-refractivity contribution in [2.24, 2.45) is 5.92 Å². The quantitative estimate of drug-likeness (QED) is 0.652. The summed E-state index contributed by atoms with van der Waals surface area (Å²) < 4.78 is 27.7. The van der Waals surface area contributed by atoms with E-state index in [4.69, 9.17) is 23.2 Å². The first-order valence-corrected chi connectivity index (χ1v) is 12.4. The van der Waals surface area contributed by atoms with Gasteiger partial charge < -0.3 is 4.90 Å². The first-order chi connectivity index (χ1) is 15.1. The van der Waals surface area contributed by atoms with Crippen LogP contribution in [0, 0.1) is 17.2 Å². The van der Waals surface area contributed by atoms with E-state index in [0.29, 0.717) is 37.4 Å². The van der Waals surface area contributed by atoms with Crippen LogP contribution in [0.4, 0.5) is 5.69 Å². The lowest BCUT2D eigenvalue weighted by atomic mass is 10.0. The van der Waals surface area contributed by atoms with E-state index >= 15 is 0 Å². The van der Waals surface area contributed by atoms with Gasteiger partial charge in [0.2, 0.25) is 0 Å². The SMILES string of the molecule is CC(C)C(C#N)N1CCN(C(=O)c2ccc(NS(=O)(=O)c3cc(Cl)ccc3Cl)cc2)CC1. The van der Waals surface area contributed by atoms with Gasteiger partial charge in [0, 0.05) is 42.5 Å². The standard InChI is InChI=1S/C22H24Cl2N4O3S/c1-15(2)20(14-25)27-9-11-28(12-10-27)22(29)16-3-6-18(7-4-16)26-32(30,31)21-13-17(23)5-8-19(21)24/h3-8,13,15,20,26H,9-12H2,1-2H3. The van der Waals surface area contributed by atoms with Crippen molar-refractivity contribution in [3.8, 4) is 6.07 Å². The van der Waals surface area contributed by atoms with Crippen LogP contribution in [0.25, 0.3) is 0 Å². The molecule has 0 radical (unpaired) electrons. The Labute approximate surface area is 198 Å². The Bertz CT molecular complexity index is 1120. The van der Waals surface area contributed by atoms with Crippen LogP contribution in [-0.4, -0.2) is 56.3 Å². The highest BCUT2D eigenvalue weighted by atomic mass is 35.5. The van der Waals surface area contributed by atoms with E-state index in [0.717, 1.165) is 0 Å².